The number of carboxylic acids is 1. The van der Waals surface area contributed by atoms with Crippen molar-refractivity contribution in [2.24, 2.45) is 13.0 Å². The zero-order valence-corrected chi connectivity index (χ0v) is 8.11. The van der Waals surface area contributed by atoms with Crippen LogP contribution in [0.3, 0.4) is 0 Å². The maximum absolute atomic E-state index is 10.6. The Morgan fingerprint density at radius 2 is 2.38 bits per heavy atom. The molecule has 0 saturated heterocycles. The average molecular weight is 182 g/mol. The van der Waals surface area contributed by atoms with Crippen LogP contribution in [0.2, 0.25) is 0 Å². The average Bonchev–Trinajstić information content (AvgIpc) is 2.36. The van der Waals surface area contributed by atoms with E-state index in [4.69, 9.17) is 5.11 Å². The highest BCUT2D eigenvalue weighted by Crippen LogP contribution is 2.12. The van der Waals surface area contributed by atoms with Crippen molar-refractivity contribution in [2.75, 3.05) is 0 Å². The summed E-state index contributed by atoms with van der Waals surface area (Å²) >= 11 is 0. The van der Waals surface area contributed by atoms with E-state index in [9.17, 15) is 4.79 Å². The molecule has 0 aliphatic rings. The van der Waals surface area contributed by atoms with Gasteiger partial charge in [0.25, 0.3) is 0 Å². The molecule has 0 fully saturated rings. The van der Waals surface area contributed by atoms with Gasteiger partial charge in [0, 0.05) is 12.7 Å². The fourth-order valence-electron chi connectivity index (χ4n) is 1.16. The van der Waals surface area contributed by atoms with E-state index in [1.165, 1.54) is 0 Å². The molecule has 1 unspecified atom stereocenters. The number of carbonyl (C=O) groups is 1. The lowest BCUT2D eigenvalue weighted by Crippen LogP contribution is -2.12. The maximum Gasteiger partial charge on any atom is 0.306 e. The first kappa shape index (κ1) is 9.77. The van der Waals surface area contributed by atoms with Gasteiger partial charge in [0.15, 0.2) is 0 Å². The van der Waals surface area contributed by atoms with Gasteiger partial charge in [-0.15, -0.1) is 0 Å². The molecule has 72 valence electrons. The molecule has 1 aromatic heterocycles. The first-order chi connectivity index (χ1) is 6.02. The molecule has 4 nitrogen and oxygen atoms in total. The lowest BCUT2D eigenvalue weighted by atomic mass is 10.0. The summed E-state index contributed by atoms with van der Waals surface area (Å²) < 4.78 is 1.75. The summed E-state index contributed by atoms with van der Waals surface area (Å²) in [6, 6.07) is 0. The monoisotopic (exact) mass is 182 g/mol. The van der Waals surface area contributed by atoms with E-state index in [2.05, 4.69) is 5.10 Å². The van der Waals surface area contributed by atoms with E-state index in [1.807, 2.05) is 14.0 Å². The molecule has 1 aromatic rings. The van der Waals surface area contributed by atoms with Gasteiger partial charge >= 0.3 is 5.97 Å². The SMILES string of the molecule is Cc1c(CC(C)C(=O)O)cnn1C. The van der Waals surface area contributed by atoms with Crippen LogP contribution in [0, 0.1) is 12.8 Å². The van der Waals surface area contributed by atoms with Gasteiger partial charge in [-0.05, 0) is 18.9 Å². The first-order valence-electron chi connectivity index (χ1n) is 4.22. The second-order valence-electron chi connectivity index (χ2n) is 3.32. The minimum atomic E-state index is -0.761. The lowest BCUT2D eigenvalue weighted by Gasteiger charge is -2.04. The van der Waals surface area contributed by atoms with Crippen LogP contribution in [-0.2, 0) is 18.3 Å². The van der Waals surface area contributed by atoms with Gasteiger partial charge < -0.3 is 5.11 Å². The smallest absolute Gasteiger partial charge is 0.306 e. The molecule has 1 rings (SSSR count). The molecular formula is C9H14N2O2. The van der Waals surface area contributed by atoms with Crippen LogP contribution in [0.4, 0.5) is 0 Å². The zero-order valence-electron chi connectivity index (χ0n) is 8.11. The molecule has 0 aliphatic heterocycles. The molecule has 1 N–H and O–H groups in total. The largest absolute Gasteiger partial charge is 0.481 e. The van der Waals surface area contributed by atoms with Crippen molar-refractivity contribution >= 4 is 5.97 Å². The van der Waals surface area contributed by atoms with Crippen molar-refractivity contribution in [3.05, 3.63) is 17.5 Å². The van der Waals surface area contributed by atoms with Crippen LogP contribution in [0.15, 0.2) is 6.20 Å². The van der Waals surface area contributed by atoms with E-state index in [0.29, 0.717) is 6.42 Å². The molecule has 13 heavy (non-hydrogen) atoms. The van der Waals surface area contributed by atoms with Crippen molar-refractivity contribution in [2.45, 2.75) is 20.3 Å². The Balaban J connectivity index is 2.74. The summed E-state index contributed by atoms with van der Waals surface area (Å²) in [6.07, 6.45) is 2.28. The second-order valence-corrected chi connectivity index (χ2v) is 3.32. The molecule has 0 aliphatic carbocycles. The van der Waals surface area contributed by atoms with Crippen LogP contribution in [0.25, 0.3) is 0 Å². The standard InChI is InChI=1S/C9H14N2O2/c1-6(9(12)13)4-8-5-10-11(3)7(8)2/h5-6H,4H2,1-3H3,(H,12,13). The summed E-state index contributed by atoms with van der Waals surface area (Å²) in [5.41, 5.74) is 2.05. The maximum atomic E-state index is 10.6. The number of hydrogen-bond donors (Lipinski definition) is 1. The third-order valence-electron chi connectivity index (χ3n) is 2.28. The third-order valence-corrected chi connectivity index (χ3v) is 2.28. The van der Waals surface area contributed by atoms with E-state index in [0.717, 1.165) is 11.3 Å². The molecule has 4 heteroatoms. The predicted octanol–water partition coefficient (Wildman–Crippen LogP) is 0.992. The topological polar surface area (TPSA) is 55.1 Å². The molecule has 0 aromatic carbocycles. The quantitative estimate of drug-likeness (QED) is 0.758. The molecule has 1 atom stereocenters. The number of hydrogen-bond acceptors (Lipinski definition) is 2. The summed E-state index contributed by atoms with van der Waals surface area (Å²) in [6.45, 7) is 3.64. The molecule has 0 saturated carbocycles. The van der Waals surface area contributed by atoms with E-state index >= 15 is 0 Å². The Morgan fingerprint density at radius 1 is 1.77 bits per heavy atom. The van der Waals surface area contributed by atoms with Crippen molar-refractivity contribution in [3.8, 4) is 0 Å². The Morgan fingerprint density at radius 3 is 2.77 bits per heavy atom. The zero-order chi connectivity index (χ0) is 10.0. The van der Waals surface area contributed by atoms with Gasteiger partial charge in [-0.25, -0.2) is 0 Å². The van der Waals surface area contributed by atoms with Gasteiger partial charge in [-0.3, -0.25) is 9.48 Å². The van der Waals surface area contributed by atoms with Gasteiger partial charge in [-0.2, -0.15) is 5.10 Å². The molecule has 0 bridgehead atoms. The molecule has 0 spiro atoms. The number of aliphatic carboxylic acids is 1. The number of rotatable bonds is 3. The van der Waals surface area contributed by atoms with Crippen LogP contribution in [-0.4, -0.2) is 20.9 Å². The number of nitrogens with zero attached hydrogens (tertiary/aromatic N) is 2. The summed E-state index contributed by atoms with van der Waals surface area (Å²) in [5, 5.41) is 12.8. The van der Waals surface area contributed by atoms with Gasteiger partial charge in [-0.1, -0.05) is 6.92 Å². The van der Waals surface area contributed by atoms with Crippen molar-refractivity contribution in [3.63, 3.8) is 0 Å². The highest BCUT2D eigenvalue weighted by Gasteiger charge is 2.14. The number of aromatic nitrogens is 2. The van der Waals surface area contributed by atoms with E-state index in [1.54, 1.807) is 17.8 Å². The molecular weight excluding hydrogens is 168 g/mol. The van der Waals surface area contributed by atoms with Gasteiger partial charge in [0.1, 0.15) is 0 Å². The number of aryl methyl sites for hydroxylation is 1. The fourth-order valence-corrected chi connectivity index (χ4v) is 1.16. The fraction of sp³-hybridized carbons (Fsp3) is 0.556. The van der Waals surface area contributed by atoms with Gasteiger partial charge in [0.05, 0.1) is 12.1 Å². The van der Waals surface area contributed by atoms with Crippen molar-refractivity contribution in [1.82, 2.24) is 9.78 Å². The molecule has 0 amide bonds. The van der Waals surface area contributed by atoms with Gasteiger partial charge in [0.2, 0.25) is 0 Å². The third kappa shape index (κ3) is 2.08. The summed E-state index contributed by atoms with van der Waals surface area (Å²) in [7, 11) is 1.85. The normalized spacial score (nSPS) is 12.8. The summed E-state index contributed by atoms with van der Waals surface area (Å²) in [5.74, 6) is -1.11. The van der Waals surface area contributed by atoms with Crippen LogP contribution in [0.5, 0.6) is 0 Å². The van der Waals surface area contributed by atoms with Crippen LogP contribution >= 0.6 is 0 Å². The Bertz CT molecular complexity index is 317. The minimum absolute atomic E-state index is 0.345. The second kappa shape index (κ2) is 3.60. The minimum Gasteiger partial charge on any atom is -0.481 e. The first-order valence-corrected chi connectivity index (χ1v) is 4.22. The predicted molar refractivity (Wildman–Crippen MR) is 48.4 cm³/mol. The van der Waals surface area contributed by atoms with Crippen LogP contribution in [0.1, 0.15) is 18.2 Å². The van der Waals surface area contributed by atoms with Crippen molar-refractivity contribution < 1.29 is 9.90 Å². The Labute approximate surface area is 77.2 Å². The van der Waals surface area contributed by atoms with E-state index < -0.39 is 5.97 Å². The molecule has 1 heterocycles. The van der Waals surface area contributed by atoms with Crippen LogP contribution < -0.4 is 0 Å². The Kier molecular flexibility index (Phi) is 2.70. The highest BCUT2D eigenvalue weighted by atomic mass is 16.4. The lowest BCUT2D eigenvalue weighted by molar-refractivity contribution is -0.141. The number of carboxylic acid groups (broad SMARTS) is 1. The highest BCUT2D eigenvalue weighted by molar-refractivity contribution is 5.69. The molecule has 0 radical (unpaired) electrons. The summed E-state index contributed by atoms with van der Waals surface area (Å²) in [4.78, 5) is 10.6. The van der Waals surface area contributed by atoms with E-state index in [-0.39, 0.29) is 5.92 Å². The Hall–Kier alpha value is -1.32. The van der Waals surface area contributed by atoms with Crippen molar-refractivity contribution in [1.29, 1.82) is 0 Å².